The molecule has 2 fully saturated rings. The summed E-state index contributed by atoms with van der Waals surface area (Å²) in [6, 6.07) is 1.95. The Labute approximate surface area is 102 Å². The molecule has 17 heavy (non-hydrogen) atoms. The number of hydrogen-bond donors (Lipinski definition) is 2. The fourth-order valence-electron chi connectivity index (χ4n) is 3.73. The maximum Gasteiger partial charge on any atom is 0.0546 e. The zero-order chi connectivity index (χ0) is 11.2. The van der Waals surface area contributed by atoms with Crippen LogP contribution in [-0.4, -0.2) is 28.9 Å². The second-order valence-corrected chi connectivity index (χ2v) is 5.67. The van der Waals surface area contributed by atoms with Crippen LogP contribution in [0.4, 0.5) is 0 Å². The van der Waals surface area contributed by atoms with E-state index in [1.165, 1.54) is 43.4 Å². The van der Waals surface area contributed by atoms with Gasteiger partial charge < -0.3 is 10.6 Å². The van der Waals surface area contributed by atoms with Crippen molar-refractivity contribution < 1.29 is 0 Å². The largest absolute Gasteiger partial charge is 0.317 e. The molecule has 3 aliphatic heterocycles. The Morgan fingerprint density at radius 1 is 1.18 bits per heavy atom. The van der Waals surface area contributed by atoms with E-state index in [1.54, 1.807) is 0 Å². The van der Waals surface area contributed by atoms with E-state index >= 15 is 0 Å². The molecule has 1 aromatic rings. The SMILES string of the molecule is c1nn(C2CCNCC2)c2c1C1CCC(C2)N1. The average molecular weight is 232 g/mol. The monoisotopic (exact) mass is 232 g/mol. The topological polar surface area (TPSA) is 41.9 Å². The van der Waals surface area contributed by atoms with Gasteiger partial charge in [0.15, 0.2) is 0 Å². The first-order valence-electron chi connectivity index (χ1n) is 6.95. The molecule has 92 valence electrons. The predicted molar refractivity (Wildman–Crippen MR) is 66.0 cm³/mol. The van der Waals surface area contributed by atoms with E-state index in [9.17, 15) is 0 Å². The van der Waals surface area contributed by atoms with E-state index in [-0.39, 0.29) is 0 Å². The van der Waals surface area contributed by atoms with Gasteiger partial charge in [-0.3, -0.25) is 4.68 Å². The first-order chi connectivity index (χ1) is 8.42. The van der Waals surface area contributed by atoms with Crippen LogP contribution < -0.4 is 10.6 Å². The van der Waals surface area contributed by atoms with Gasteiger partial charge in [-0.1, -0.05) is 0 Å². The highest BCUT2D eigenvalue weighted by atomic mass is 15.3. The van der Waals surface area contributed by atoms with Crippen LogP contribution in [0, 0.1) is 0 Å². The molecular weight excluding hydrogens is 212 g/mol. The lowest BCUT2D eigenvalue weighted by Gasteiger charge is -2.28. The zero-order valence-corrected chi connectivity index (χ0v) is 10.2. The van der Waals surface area contributed by atoms with Crippen molar-refractivity contribution in [2.75, 3.05) is 13.1 Å². The second-order valence-electron chi connectivity index (χ2n) is 5.67. The molecule has 0 aromatic carbocycles. The molecule has 2 atom stereocenters. The fraction of sp³-hybridized carbons (Fsp3) is 0.769. The van der Waals surface area contributed by atoms with Crippen molar-refractivity contribution in [1.82, 2.24) is 20.4 Å². The van der Waals surface area contributed by atoms with Crippen LogP contribution >= 0.6 is 0 Å². The van der Waals surface area contributed by atoms with E-state index < -0.39 is 0 Å². The summed E-state index contributed by atoms with van der Waals surface area (Å²) in [5.74, 6) is 0. The number of fused-ring (bicyclic) bond motifs is 4. The second kappa shape index (κ2) is 3.82. The molecule has 2 N–H and O–H groups in total. The third-order valence-electron chi connectivity index (χ3n) is 4.64. The molecule has 4 heteroatoms. The van der Waals surface area contributed by atoms with Crippen molar-refractivity contribution in [1.29, 1.82) is 0 Å². The summed E-state index contributed by atoms with van der Waals surface area (Å²) in [5.41, 5.74) is 3.01. The number of piperidine rings is 1. The van der Waals surface area contributed by atoms with Crippen LogP contribution in [0.5, 0.6) is 0 Å². The number of rotatable bonds is 1. The van der Waals surface area contributed by atoms with Crippen LogP contribution in [0.15, 0.2) is 6.20 Å². The minimum Gasteiger partial charge on any atom is -0.317 e. The van der Waals surface area contributed by atoms with Crippen LogP contribution in [0.25, 0.3) is 0 Å². The van der Waals surface area contributed by atoms with Crippen molar-refractivity contribution in [2.45, 2.75) is 50.2 Å². The van der Waals surface area contributed by atoms with Crippen LogP contribution in [0.3, 0.4) is 0 Å². The smallest absolute Gasteiger partial charge is 0.0546 e. The molecule has 4 nitrogen and oxygen atoms in total. The van der Waals surface area contributed by atoms with E-state index in [0.29, 0.717) is 18.1 Å². The van der Waals surface area contributed by atoms with Crippen molar-refractivity contribution in [3.63, 3.8) is 0 Å². The minimum atomic E-state index is 0.596. The molecular formula is C13H20N4. The fourth-order valence-corrected chi connectivity index (χ4v) is 3.73. The predicted octanol–water partition coefficient (Wildman–Crippen LogP) is 1.16. The van der Waals surface area contributed by atoms with Crippen LogP contribution in [-0.2, 0) is 6.42 Å². The standard InChI is InChI=1S/C13H20N4/c1-2-12-11-8-15-17(10-3-5-14-6-4-10)13(11)7-9(1)16-12/h8-10,12,14,16H,1-7H2. The highest BCUT2D eigenvalue weighted by Gasteiger charge is 2.35. The van der Waals surface area contributed by atoms with Gasteiger partial charge >= 0.3 is 0 Å². The number of nitrogens with one attached hydrogen (secondary N) is 2. The van der Waals surface area contributed by atoms with Crippen molar-refractivity contribution in [2.24, 2.45) is 0 Å². The molecule has 4 heterocycles. The quantitative estimate of drug-likeness (QED) is 0.763. The zero-order valence-electron chi connectivity index (χ0n) is 10.2. The highest BCUT2D eigenvalue weighted by molar-refractivity contribution is 5.29. The lowest BCUT2D eigenvalue weighted by Crippen LogP contribution is -2.35. The Bertz CT molecular complexity index is 419. The minimum absolute atomic E-state index is 0.596. The average Bonchev–Trinajstić information content (AvgIpc) is 2.96. The Balaban J connectivity index is 1.69. The summed E-state index contributed by atoms with van der Waals surface area (Å²) in [5, 5.41) is 11.8. The normalized spacial score (nSPS) is 32.7. The van der Waals surface area contributed by atoms with Gasteiger partial charge in [0.2, 0.25) is 0 Å². The number of aromatic nitrogens is 2. The van der Waals surface area contributed by atoms with Crippen molar-refractivity contribution in [3.05, 3.63) is 17.5 Å². The third-order valence-corrected chi connectivity index (χ3v) is 4.64. The van der Waals surface area contributed by atoms with Crippen LogP contribution in [0.2, 0.25) is 0 Å². The molecule has 4 rings (SSSR count). The maximum atomic E-state index is 4.69. The molecule has 0 aliphatic carbocycles. The van der Waals surface area contributed by atoms with Gasteiger partial charge in [0, 0.05) is 29.8 Å². The van der Waals surface area contributed by atoms with E-state index in [0.717, 1.165) is 13.1 Å². The highest BCUT2D eigenvalue weighted by Crippen LogP contribution is 2.37. The molecule has 0 radical (unpaired) electrons. The molecule has 2 unspecified atom stereocenters. The molecule has 0 amide bonds. The van der Waals surface area contributed by atoms with E-state index in [1.807, 2.05) is 0 Å². The summed E-state index contributed by atoms with van der Waals surface area (Å²) < 4.78 is 2.35. The molecule has 1 aromatic heterocycles. The first kappa shape index (κ1) is 10.1. The lowest BCUT2D eigenvalue weighted by atomic mass is 10.0. The molecule has 0 spiro atoms. The van der Waals surface area contributed by atoms with E-state index in [4.69, 9.17) is 0 Å². The van der Waals surface area contributed by atoms with Gasteiger partial charge in [0.05, 0.1) is 12.2 Å². The summed E-state index contributed by atoms with van der Waals surface area (Å²) in [4.78, 5) is 0. The van der Waals surface area contributed by atoms with Gasteiger partial charge in [-0.05, 0) is 38.8 Å². The summed E-state index contributed by atoms with van der Waals surface area (Å²) in [6.45, 7) is 2.29. The molecule has 3 aliphatic rings. The molecule has 0 saturated carbocycles. The Morgan fingerprint density at radius 2 is 2.06 bits per heavy atom. The van der Waals surface area contributed by atoms with Gasteiger partial charge in [0.25, 0.3) is 0 Å². The third kappa shape index (κ3) is 1.54. The number of hydrogen-bond acceptors (Lipinski definition) is 3. The first-order valence-corrected chi connectivity index (χ1v) is 6.95. The van der Waals surface area contributed by atoms with Crippen LogP contribution in [0.1, 0.15) is 49.0 Å². The van der Waals surface area contributed by atoms with Gasteiger partial charge in [-0.25, -0.2) is 0 Å². The Morgan fingerprint density at radius 3 is 2.94 bits per heavy atom. The van der Waals surface area contributed by atoms with Gasteiger partial charge in [-0.15, -0.1) is 0 Å². The van der Waals surface area contributed by atoms with Gasteiger partial charge in [-0.2, -0.15) is 5.10 Å². The summed E-state index contributed by atoms with van der Waals surface area (Å²) >= 11 is 0. The summed E-state index contributed by atoms with van der Waals surface area (Å²) in [7, 11) is 0. The van der Waals surface area contributed by atoms with Crippen molar-refractivity contribution in [3.8, 4) is 0 Å². The molecule has 2 bridgehead atoms. The Kier molecular flexibility index (Phi) is 2.27. The Hall–Kier alpha value is -0.870. The number of nitrogens with zero attached hydrogens (tertiary/aromatic N) is 2. The maximum absolute atomic E-state index is 4.69. The van der Waals surface area contributed by atoms with Gasteiger partial charge in [0.1, 0.15) is 0 Å². The summed E-state index contributed by atoms with van der Waals surface area (Å²) in [6.07, 6.45) is 8.42. The van der Waals surface area contributed by atoms with Crippen molar-refractivity contribution >= 4 is 0 Å². The lowest BCUT2D eigenvalue weighted by molar-refractivity contribution is 0.329. The molecule has 2 saturated heterocycles. The van der Waals surface area contributed by atoms with E-state index in [2.05, 4.69) is 26.6 Å².